The molecule has 0 fully saturated rings. The van der Waals surface area contributed by atoms with Crippen molar-refractivity contribution < 1.29 is 4.74 Å². The van der Waals surface area contributed by atoms with Crippen molar-refractivity contribution in [3.63, 3.8) is 0 Å². The molecule has 0 aliphatic heterocycles. The Balaban J connectivity index is 1.51. The molecule has 150 valence electrons. The highest BCUT2D eigenvalue weighted by Crippen LogP contribution is 2.33. The van der Waals surface area contributed by atoms with Crippen LogP contribution in [-0.2, 0) is 5.41 Å². The normalized spacial score (nSPS) is 11.3. The zero-order valence-electron chi connectivity index (χ0n) is 18.1. The lowest BCUT2D eigenvalue weighted by Gasteiger charge is -2.26. The van der Waals surface area contributed by atoms with E-state index in [4.69, 9.17) is 4.74 Å². The van der Waals surface area contributed by atoms with Crippen LogP contribution in [0.3, 0.4) is 0 Å². The summed E-state index contributed by atoms with van der Waals surface area (Å²) < 4.78 is 5.95. The van der Waals surface area contributed by atoms with E-state index in [1.807, 2.05) is 24.3 Å². The van der Waals surface area contributed by atoms with Crippen LogP contribution in [0.25, 0.3) is 11.1 Å². The third kappa shape index (κ3) is 4.31. The van der Waals surface area contributed by atoms with Gasteiger partial charge in [-0.2, -0.15) is 0 Å². The van der Waals surface area contributed by atoms with E-state index in [-0.39, 0.29) is 5.41 Å². The summed E-state index contributed by atoms with van der Waals surface area (Å²) in [4.78, 5) is 0. The zero-order valence-corrected chi connectivity index (χ0v) is 18.1. The molecule has 0 aliphatic carbocycles. The van der Waals surface area contributed by atoms with Gasteiger partial charge in [-0.05, 0) is 60.4 Å². The maximum atomic E-state index is 5.95. The molecule has 0 bridgehead atoms. The van der Waals surface area contributed by atoms with Crippen molar-refractivity contribution in [1.82, 2.24) is 0 Å². The second kappa shape index (κ2) is 8.20. The van der Waals surface area contributed by atoms with Crippen LogP contribution < -0.4 is 4.74 Å². The SMILES string of the molecule is Cc1ccc(Oc2ccc(-c3ccc(C(C)(C)c4ccc(C)cc4)cc3)cc2)cc1. The first-order valence-electron chi connectivity index (χ1n) is 10.4. The molecule has 30 heavy (non-hydrogen) atoms. The Morgan fingerprint density at radius 2 is 0.800 bits per heavy atom. The van der Waals surface area contributed by atoms with Gasteiger partial charge in [0, 0.05) is 5.41 Å². The first-order chi connectivity index (χ1) is 14.4. The molecule has 0 saturated carbocycles. The summed E-state index contributed by atoms with van der Waals surface area (Å²) >= 11 is 0. The summed E-state index contributed by atoms with van der Waals surface area (Å²) in [7, 11) is 0. The van der Waals surface area contributed by atoms with Crippen molar-refractivity contribution in [3.8, 4) is 22.6 Å². The number of rotatable bonds is 5. The molecule has 4 aromatic carbocycles. The van der Waals surface area contributed by atoms with Gasteiger partial charge in [-0.3, -0.25) is 0 Å². The van der Waals surface area contributed by atoms with Crippen LogP contribution >= 0.6 is 0 Å². The molecule has 0 aromatic heterocycles. The number of aryl methyl sites for hydroxylation is 2. The lowest BCUT2D eigenvalue weighted by Crippen LogP contribution is -2.18. The fourth-order valence-corrected chi connectivity index (χ4v) is 3.67. The summed E-state index contributed by atoms with van der Waals surface area (Å²) in [5.41, 5.74) is 7.53. The predicted molar refractivity (Wildman–Crippen MR) is 126 cm³/mol. The zero-order chi connectivity index (χ0) is 21.1. The number of ether oxygens (including phenoxy) is 1. The molecule has 0 saturated heterocycles. The lowest BCUT2D eigenvalue weighted by atomic mass is 9.77. The van der Waals surface area contributed by atoms with Crippen molar-refractivity contribution in [3.05, 3.63) is 119 Å². The predicted octanol–water partition coefficient (Wildman–Crippen LogP) is 8.09. The van der Waals surface area contributed by atoms with E-state index in [1.54, 1.807) is 0 Å². The van der Waals surface area contributed by atoms with Crippen LogP contribution in [0.4, 0.5) is 0 Å². The summed E-state index contributed by atoms with van der Waals surface area (Å²) in [6.07, 6.45) is 0. The molecule has 1 nitrogen and oxygen atoms in total. The van der Waals surface area contributed by atoms with Crippen LogP contribution in [0.15, 0.2) is 97.1 Å². The van der Waals surface area contributed by atoms with Gasteiger partial charge in [-0.1, -0.05) is 97.8 Å². The second-order valence-corrected chi connectivity index (χ2v) is 8.51. The lowest BCUT2D eigenvalue weighted by molar-refractivity contribution is 0.482. The third-order valence-corrected chi connectivity index (χ3v) is 5.82. The first kappa shape index (κ1) is 20.0. The molecule has 0 N–H and O–H groups in total. The summed E-state index contributed by atoms with van der Waals surface area (Å²) in [6, 6.07) is 34.1. The molecule has 0 amide bonds. The van der Waals surface area contributed by atoms with Crippen molar-refractivity contribution in [1.29, 1.82) is 0 Å². The quantitative estimate of drug-likeness (QED) is 0.333. The van der Waals surface area contributed by atoms with E-state index < -0.39 is 0 Å². The van der Waals surface area contributed by atoms with E-state index in [1.165, 1.54) is 33.4 Å². The van der Waals surface area contributed by atoms with Gasteiger partial charge in [0.05, 0.1) is 0 Å². The van der Waals surface area contributed by atoms with E-state index in [9.17, 15) is 0 Å². The van der Waals surface area contributed by atoms with E-state index >= 15 is 0 Å². The molecule has 0 atom stereocenters. The second-order valence-electron chi connectivity index (χ2n) is 8.51. The Morgan fingerprint density at radius 1 is 0.467 bits per heavy atom. The molecule has 0 spiro atoms. The minimum absolute atomic E-state index is 0.0298. The van der Waals surface area contributed by atoms with Gasteiger partial charge in [0.25, 0.3) is 0 Å². The Labute approximate surface area is 180 Å². The van der Waals surface area contributed by atoms with Crippen LogP contribution in [-0.4, -0.2) is 0 Å². The molecule has 0 radical (unpaired) electrons. The Morgan fingerprint density at radius 3 is 1.27 bits per heavy atom. The molecular weight excluding hydrogens is 364 g/mol. The van der Waals surface area contributed by atoms with Crippen LogP contribution in [0, 0.1) is 13.8 Å². The maximum Gasteiger partial charge on any atom is 0.127 e. The van der Waals surface area contributed by atoms with Gasteiger partial charge in [-0.25, -0.2) is 0 Å². The van der Waals surface area contributed by atoms with Crippen molar-refractivity contribution in [2.75, 3.05) is 0 Å². The van der Waals surface area contributed by atoms with Gasteiger partial charge in [0.1, 0.15) is 11.5 Å². The average Bonchev–Trinajstić information content (AvgIpc) is 2.76. The van der Waals surface area contributed by atoms with Crippen LogP contribution in [0.5, 0.6) is 11.5 Å². The highest BCUT2D eigenvalue weighted by atomic mass is 16.5. The Hall–Kier alpha value is -3.32. The average molecular weight is 393 g/mol. The van der Waals surface area contributed by atoms with Gasteiger partial charge in [0.2, 0.25) is 0 Å². The summed E-state index contributed by atoms with van der Waals surface area (Å²) in [5.74, 6) is 1.70. The molecule has 0 aliphatic rings. The molecule has 4 rings (SSSR count). The minimum Gasteiger partial charge on any atom is -0.457 e. The molecule has 4 aromatic rings. The van der Waals surface area contributed by atoms with Gasteiger partial charge < -0.3 is 4.74 Å². The molecule has 0 heterocycles. The van der Waals surface area contributed by atoms with E-state index in [0.717, 1.165) is 11.5 Å². The van der Waals surface area contributed by atoms with E-state index in [2.05, 4.69) is 100 Å². The largest absolute Gasteiger partial charge is 0.457 e. The smallest absolute Gasteiger partial charge is 0.127 e. The highest BCUT2D eigenvalue weighted by Gasteiger charge is 2.22. The summed E-state index contributed by atoms with van der Waals surface area (Å²) in [6.45, 7) is 8.77. The van der Waals surface area contributed by atoms with Crippen LogP contribution in [0.1, 0.15) is 36.1 Å². The van der Waals surface area contributed by atoms with E-state index in [0.29, 0.717) is 0 Å². The fourth-order valence-electron chi connectivity index (χ4n) is 3.67. The summed E-state index contributed by atoms with van der Waals surface area (Å²) in [5, 5.41) is 0. The number of hydrogen-bond acceptors (Lipinski definition) is 1. The minimum atomic E-state index is -0.0298. The van der Waals surface area contributed by atoms with Crippen molar-refractivity contribution in [2.24, 2.45) is 0 Å². The number of benzene rings is 4. The van der Waals surface area contributed by atoms with Crippen LogP contribution in [0.2, 0.25) is 0 Å². The van der Waals surface area contributed by atoms with Gasteiger partial charge in [0.15, 0.2) is 0 Å². The molecular formula is C29H28O. The highest BCUT2D eigenvalue weighted by molar-refractivity contribution is 5.65. The monoisotopic (exact) mass is 392 g/mol. The molecule has 1 heteroatoms. The third-order valence-electron chi connectivity index (χ3n) is 5.82. The molecule has 0 unspecified atom stereocenters. The van der Waals surface area contributed by atoms with Gasteiger partial charge in [-0.15, -0.1) is 0 Å². The topological polar surface area (TPSA) is 9.23 Å². The first-order valence-corrected chi connectivity index (χ1v) is 10.4. The fraction of sp³-hybridized carbons (Fsp3) is 0.172. The van der Waals surface area contributed by atoms with Gasteiger partial charge >= 0.3 is 0 Å². The van der Waals surface area contributed by atoms with Crippen molar-refractivity contribution >= 4 is 0 Å². The Kier molecular flexibility index (Phi) is 5.46. The number of hydrogen-bond donors (Lipinski definition) is 0. The Bertz CT molecular complexity index is 1100. The standard InChI is InChI=1S/C29H28O/c1-21-5-13-25(14-6-21)29(3,4)26-15-9-23(10-16-26)24-11-19-28(20-12-24)30-27-17-7-22(2)8-18-27/h5-20H,1-4H3. The van der Waals surface area contributed by atoms with Crippen molar-refractivity contribution in [2.45, 2.75) is 33.1 Å². The maximum absolute atomic E-state index is 5.95.